The van der Waals surface area contributed by atoms with Gasteiger partial charge in [-0.05, 0) is 90.6 Å². The number of ketones is 2. The number of halogens is 1. The van der Waals surface area contributed by atoms with Gasteiger partial charge in [0.05, 0.1) is 45.4 Å². The Labute approximate surface area is 370 Å². The number of Topliss-reactive ketones (excluding diaryl/α,β-unsaturated/α-hetero) is 2. The topological polar surface area (TPSA) is 139 Å². The Bertz CT molecular complexity index is 2570. The number of aliphatic imine (C=N–C) groups is 1. The van der Waals surface area contributed by atoms with E-state index in [9.17, 15) is 9.59 Å². The van der Waals surface area contributed by atoms with E-state index in [0.717, 1.165) is 66.9 Å². The summed E-state index contributed by atoms with van der Waals surface area (Å²) in [6, 6.07) is 25.0. The van der Waals surface area contributed by atoms with Gasteiger partial charge in [0.2, 0.25) is 0 Å². The maximum absolute atomic E-state index is 13.6. The molecule has 6 aromatic rings. The van der Waals surface area contributed by atoms with Crippen molar-refractivity contribution in [1.29, 1.82) is 0 Å². The summed E-state index contributed by atoms with van der Waals surface area (Å²) in [5.41, 5.74) is 9.24. The summed E-state index contributed by atoms with van der Waals surface area (Å²) in [6.45, 7) is 9.95. The van der Waals surface area contributed by atoms with Gasteiger partial charge in [-0.25, -0.2) is 4.98 Å². The van der Waals surface area contributed by atoms with Gasteiger partial charge in [0.1, 0.15) is 46.6 Å². The molecular formula is C48H49ClN6O6S. The van der Waals surface area contributed by atoms with Crippen LogP contribution in [0.15, 0.2) is 90.1 Å². The molecule has 1 atom stereocenters. The molecule has 0 radical (unpaired) electrons. The molecule has 0 fully saturated rings. The van der Waals surface area contributed by atoms with Crippen LogP contribution in [0.4, 0.5) is 5.82 Å². The highest BCUT2D eigenvalue weighted by Crippen LogP contribution is 2.40. The van der Waals surface area contributed by atoms with Crippen LogP contribution in [-0.2, 0) is 43.1 Å². The third kappa shape index (κ3) is 10.4. The molecule has 0 amide bonds. The van der Waals surface area contributed by atoms with Crippen LogP contribution in [0.2, 0.25) is 5.02 Å². The van der Waals surface area contributed by atoms with Gasteiger partial charge in [-0.2, -0.15) is 0 Å². The van der Waals surface area contributed by atoms with E-state index in [4.69, 9.17) is 35.5 Å². The van der Waals surface area contributed by atoms with Gasteiger partial charge in [-0.15, -0.1) is 21.5 Å². The SMILES string of the molecule is Cc1sc2c(c1C)C(c1ccc(Cl)cc1)=N[C@@H](CC(=O)Cc1ccc(OCCOCCOCCOCCNc3cc(-c4ccc5c(c4)CC(=O)C5)ccn3)cc1)c1nnc(C)n1-2. The molecule has 0 bridgehead atoms. The number of pyridine rings is 1. The number of carbonyl (C=O) groups is 2. The first-order valence-electron chi connectivity index (χ1n) is 20.9. The normalized spacial score (nSPS) is 14.2. The maximum atomic E-state index is 13.6. The van der Waals surface area contributed by atoms with Crippen LogP contribution in [0.3, 0.4) is 0 Å². The molecule has 1 aliphatic carbocycles. The lowest BCUT2D eigenvalue weighted by Gasteiger charge is -2.13. The van der Waals surface area contributed by atoms with Crippen molar-refractivity contribution in [2.45, 2.75) is 52.5 Å². The lowest BCUT2D eigenvalue weighted by atomic mass is 9.99. The summed E-state index contributed by atoms with van der Waals surface area (Å²) in [5.74, 6) is 3.23. The van der Waals surface area contributed by atoms with Gasteiger partial charge in [0.25, 0.3) is 0 Å². The number of hydrogen-bond acceptors (Lipinski definition) is 12. The van der Waals surface area contributed by atoms with Crippen molar-refractivity contribution in [3.63, 3.8) is 0 Å². The van der Waals surface area contributed by atoms with Crippen LogP contribution < -0.4 is 10.1 Å². The molecule has 0 saturated heterocycles. The van der Waals surface area contributed by atoms with E-state index in [0.29, 0.717) is 82.2 Å². The molecule has 1 N–H and O–H groups in total. The zero-order valence-electron chi connectivity index (χ0n) is 35.1. The Balaban J connectivity index is 0.713. The predicted octanol–water partition coefficient (Wildman–Crippen LogP) is 8.27. The van der Waals surface area contributed by atoms with E-state index in [1.54, 1.807) is 17.5 Å². The van der Waals surface area contributed by atoms with Crippen molar-refractivity contribution in [2.75, 3.05) is 58.1 Å². The monoisotopic (exact) mass is 872 g/mol. The molecular weight excluding hydrogens is 824 g/mol. The largest absolute Gasteiger partial charge is 0.491 e. The molecule has 0 spiro atoms. The van der Waals surface area contributed by atoms with Crippen LogP contribution in [0, 0.1) is 20.8 Å². The van der Waals surface area contributed by atoms with Crippen molar-refractivity contribution in [1.82, 2.24) is 19.7 Å². The highest BCUT2D eigenvalue weighted by molar-refractivity contribution is 7.15. The zero-order valence-corrected chi connectivity index (χ0v) is 36.7. The average molecular weight is 873 g/mol. The Morgan fingerprint density at radius 3 is 2.27 bits per heavy atom. The first-order chi connectivity index (χ1) is 30.2. The van der Waals surface area contributed by atoms with Crippen molar-refractivity contribution in [2.24, 2.45) is 4.99 Å². The van der Waals surface area contributed by atoms with Crippen LogP contribution in [-0.4, -0.2) is 89.8 Å². The third-order valence-electron chi connectivity index (χ3n) is 11.0. The van der Waals surface area contributed by atoms with Crippen molar-refractivity contribution in [3.05, 3.63) is 140 Å². The minimum Gasteiger partial charge on any atom is -0.491 e. The highest BCUT2D eigenvalue weighted by atomic mass is 35.5. The summed E-state index contributed by atoms with van der Waals surface area (Å²) in [6.07, 6.45) is 3.29. The first-order valence-corrected chi connectivity index (χ1v) is 22.1. The second-order valence-electron chi connectivity index (χ2n) is 15.4. The number of carbonyl (C=O) groups excluding carboxylic acids is 2. The van der Waals surface area contributed by atoms with E-state index >= 15 is 0 Å². The Morgan fingerprint density at radius 2 is 1.50 bits per heavy atom. The van der Waals surface area contributed by atoms with Gasteiger partial charge in [-0.1, -0.05) is 54.1 Å². The van der Waals surface area contributed by atoms with Crippen LogP contribution in [0.5, 0.6) is 5.75 Å². The highest BCUT2D eigenvalue weighted by Gasteiger charge is 2.32. The molecule has 0 saturated carbocycles. The number of nitrogens with one attached hydrogen (secondary N) is 1. The molecule has 2 aliphatic rings. The van der Waals surface area contributed by atoms with E-state index in [-0.39, 0.29) is 24.4 Å². The van der Waals surface area contributed by atoms with Crippen molar-refractivity contribution < 1.29 is 28.5 Å². The van der Waals surface area contributed by atoms with Crippen LogP contribution in [0.1, 0.15) is 62.4 Å². The Kier molecular flexibility index (Phi) is 14.0. The molecule has 14 heteroatoms. The lowest BCUT2D eigenvalue weighted by molar-refractivity contribution is -0.119. The van der Waals surface area contributed by atoms with Gasteiger partial charge in [0.15, 0.2) is 5.82 Å². The second-order valence-corrected chi connectivity index (χ2v) is 17.0. The third-order valence-corrected chi connectivity index (χ3v) is 12.4. The number of fused-ring (bicyclic) bond motifs is 4. The molecule has 8 rings (SSSR count). The maximum Gasteiger partial charge on any atom is 0.163 e. The molecule has 62 heavy (non-hydrogen) atoms. The van der Waals surface area contributed by atoms with E-state index in [1.807, 2.05) is 67.6 Å². The smallest absolute Gasteiger partial charge is 0.163 e. The summed E-state index contributed by atoms with van der Waals surface area (Å²) >= 11 is 7.94. The summed E-state index contributed by atoms with van der Waals surface area (Å²) in [7, 11) is 0. The zero-order chi connectivity index (χ0) is 43.0. The van der Waals surface area contributed by atoms with Crippen molar-refractivity contribution in [3.8, 4) is 21.9 Å². The Hall–Kier alpha value is -5.57. The molecule has 3 aromatic heterocycles. The molecule has 0 unspecified atom stereocenters. The van der Waals surface area contributed by atoms with Gasteiger partial charge >= 0.3 is 0 Å². The fraction of sp³-hybridized carbons (Fsp3) is 0.333. The minimum absolute atomic E-state index is 0.0510. The van der Waals surface area contributed by atoms with E-state index in [1.165, 1.54) is 4.88 Å². The first kappa shape index (κ1) is 43.1. The number of anilines is 1. The van der Waals surface area contributed by atoms with E-state index in [2.05, 4.69) is 57.1 Å². The quantitative estimate of drug-likeness (QED) is 0.0746. The number of aryl methyl sites for hydroxylation is 2. The molecule has 4 heterocycles. The summed E-state index contributed by atoms with van der Waals surface area (Å²) in [5, 5.41) is 13.9. The van der Waals surface area contributed by atoms with Crippen LogP contribution in [0.25, 0.3) is 16.1 Å². The standard InChI is InChI=1S/C48H49ClN6O6S/c1-30-31(2)62-48-45(30)46(34-8-10-39(49)11-9-34)52-43(47-54-53-32(3)55(47)48)29-40(56)24-33-4-12-42(13-5-33)61-23-22-60-21-20-59-19-18-58-17-16-51-44-28-37(14-15-50-44)35-6-7-36-26-41(57)27-38(36)25-35/h4-15,25,28,43H,16-24,26-27,29H2,1-3H3,(H,50,51)/t43-/m0/s1. The predicted molar refractivity (Wildman–Crippen MR) is 242 cm³/mol. The number of aromatic nitrogens is 4. The molecule has 1 aliphatic heterocycles. The molecule has 12 nitrogen and oxygen atoms in total. The molecule has 3 aromatic carbocycles. The minimum atomic E-state index is -0.506. The number of hydrogen-bond donors (Lipinski definition) is 1. The number of thiophene rings is 1. The van der Waals surface area contributed by atoms with Gasteiger partial charge < -0.3 is 24.3 Å². The molecule has 320 valence electrons. The van der Waals surface area contributed by atoms with Gasteiger partial charge in [-0.3, -0.25) is 19.1 Å². The number of benzene rings is 3. The number of ether oxygens (including phenoxy) is 4. The Morgan fingerprint density at radius 1 is 0.806 bits per heavy atom. The summed E-state index contributed by atoms with van der Waals surface area (Å²) in [4.78, 5) is 36.3. The van der Waals surface area contributed by atoms with Crippen LogP contribution >= 0.6 is 22.9 Å². The lowest BCUT2D eigenvalue weighted by Crippen LogP contribution is -2.15. The average Bonchev–Trinajstić information content (AvgIpc) is 3.91. The van der Waals surface area contributed by atoms with E-state index < -0.39 is 6.04 Å². The van der Waals surface area contributed by atoms with Gasteiger partial charge in [0, 0.05) is 59.5 Å². The number of nitrogens with zero attached hydrogens (tertiary/aromatic N) is 5. The van der Waals surface area contributed by atoms with Crippen molar-refractivity contribution >= 4 is 46.0 Å². The fourth-order valence-corrected chi connectivity index (χ4v) is 9.04. The summed E-state index contributed by atoms with van der Waals surface area (Å²) < 4.78 is 25.0. The second kappa shape index (κ2) is 20.1. The fourth-order valence-electron chi connectivity index (χ4n) is 7.70. The number of rotatable bonds is 20.